The van der Waals surface area contributed by atoms with Crippen molar-refractivity contribution in [2.45, 2.75) is 58.4 Å². The van der Waals surface area contributed by atoms with Gasteiger partial charge in [-0.3, -0.25) is 9.59 Å². The lowest BCUT2D eigenvalue weighted by atomic mass is 10.0. The molecular weight excluding hydrogens is 513 g/mol. The second-order valence-electron chi connectivity index (χ2n) is 9.36. The molecular formula is C27H33Cl2N5O3. The standard InChI is InChI=1S/C27H33Cl2N5O3/c1-3-5-11-23-26(36)31(16-20-12-13-21(28)14-22(20)29)17-24-33(23)25(35)18-32(4-2)34(24)27(37)30-15-19-9-7-6-8-10-19/h6-10,12-14,23-24H,3-5,11,15-18H2,1-2H3,(H,30,37)/t23-,24-/m0/s1. The topological polar surface area (TPSA) is 76.2 Å². The van der Waals surface area contributed by atoms with Gasteiger partial charge in [0.1, 0.15) is 12.2 Å². The van der Waals surface area contributed by atoms with Gasteiger partial charge < -0.3 is 15.1 Å². The fourth-order valence-electron chi connectivity index (χ4n) is 4.99. The van der Waals surface area contributed by atoms with Crippen LogP contribution in [0.4, 0.5) is 4.79 Å². The molecule has 2 aliphatic heterocycles. The Morgan fingerprint density at radius 3 is 2.51 bits per heavy atom. The van der Waals surface area contributed by atoms with Crippen molar-refractivity contribution >= 4 is 41.0 Å². The van der Waals surface area contributed by atoms with E-state index in [1.807, 2.05) is 37.3 Å². The summed E-state index contributed by atoms with van der Waals surface area (Å²) in [5, 5.41) is 7.36. The Morgan fingerprint density at radius 1 is 1.08 bits per heavy atom. The Balaban J connectivity index is 1.64. The van der Waals surface area contributed by atoms with Gasteiger partial charge in [-0.2, -0.15) is 0 Å². The molecule has 0 bridgehead atoms. The summed E-state index contributed by atoms with van der Waals surface area (Å²) in [4.78, 5) is 43.9. The zero-order valence-electron chi connectivity index (χ0n) is 21.2. The van der Waals surface area contributed by atoms with Crippen molar-refractivity contribution in [3.63, 3.8) is 0 Å². The molecule has 2 saturated heterocycles. The van der Waals surface area contributed by atoms with Crippen molar-refractivity contribution in [1.82, 2.24) is 25.1 Å². The maximum atomic E-state index is 13.7. The van der Waals surface area contributed by atoms with E-state index in [0.717, 1.165) is 24.0 Å². The highest BCUT2D eigenvalue weighted by Gasteiger charge is 2.50. The highest BCUT2D eigenvalue weighted by molar-refractivity contribution is 6.35. The van der Waals surface area contributed by atoms with E-state index in [2.05, 4.69) is 12.2 Å². The van der Waals surface area contributed by atoms with Gasteiger partial charge in [0, 0.05) is 29.7 Å². The minimum absolute atomic E-state index is 0.0463. The number of piperazine rings is 1. The summed E-state index contributed by atoms with van der Waals surface area (Å²) in [7, 11) is 0. The first-order valence-corrected chi connectivity index (χ1v) is 13.5. The molecule has 4 amide bonds. The van der Waals surface area contributed by atoms with Crippen LogP contribution in [-0.2, 0) is 22.7 Å². The number of halogens is 2. The van der Waals surface area contributed by atoms with Crippen molar-refractivity contribution in [2.24, 2.45) is 0 Å². The molecule has 2 atom stereocenters. The van der Waals surface area contributed by atoms with Crippen molar-refractivity contribution in [3.05, 3.63) is 69.7 Å². The lowest BCUT2D eigenvalue weighted by Crippen LogP contribution is -2.76. The molecule has 0 radical (unpaired) electrons. The normalized spacial score (nSPS) is 20.3. The first-order valence-electron chi connectivity index (χ1n) is 12.7. The minimum Gasteiger partial charge on any atom is -0.333 e. The number of nitrogens with zero attached hydrogens (tertiary/aromatic N) is 4. The number of rotatable bonds is 8. The van der Waals surface area contributed by atoms with Gasteiger partial charge in [0.05, 0.1) is 13.1 Å². The zero-order valence-corrected chi connectivity index (χ0v) is 22.7. The summed E-state index contributed by atoms with van der Waals surface area (Å²) in [5.41, 5.74) is 1.74. The molecule has 2 heterocycles. The number of hydrogen-bond donors (Lipinski definition) is 1. The summed E-state index contributed by atoms with van der Waals surface area (Å²) in [6, 6.07) is 13.9. The van der Waals surface area contributed by atoms with Crippen molar-refractivity contribution in [2.75, 3.05) is 19.6 Å². The van der Waals surface area contributed by atoms with E-state index < -0.39 is 12.2 Å². The van der Waals surface area contributed by atoms with Crippen LogP contribution in [0.15, 0.2) is 48.5 Å². The third-order valence-electron chi connectivity index (χ3n) is 6.90. The molecule has 198 valence electrons. The summed E-state index contributed by atoms with van der Waals surface area (Å²) in [5.74, 6) is -0.267. The van der Waals surface area contributed by atoms with E-state index in [1.165, 1.54) is 0 Å². The van der Waals surface area contributed by atoms with E-state index >= 15 is 0 Å². The third-order valence-corrected chi connectivity index (χ3v) is 7.48. The van der Waals surface area contributed by atoms with Crippen LogP contribution in [0.2, 0.25) is 10.0 Å². The van der Waals surface area contributed by atoms with Crippen molar-refractivity contribution in [1.29, 1.82) is 0 Å². The summed E-state index contributed by atoms with van der Waals surface area (Å²) in [6.45, 7) is 5.29. The van der Waals surface area contributed by atoms with Crippen LogP contribution >= 0.6 is 23.2 Å². The number of carbonyl (C=O) groups is 3. The molecule has 2 aromatic rings. The van der Waals surface area contributed by atoms with E-state index in [9.17, 15) is 14.4 Å². The van der Waals surface area contributed by atoms with Crippen LogP contribution < -0.4 is 5.32 Å². The van der Waals surface area contributed by atoms with Crippen LogP contribution in [-0.4, -0.2) is 69.5 Å². The van der Waals surface area contributed by atoms with Crippen LogP contribution in [0.5, 0.6) is 0 Å². The molecule has 10 heteroatoms. The smallest absolute Gasteiger partial charge is 0.333 e. The number of amides is 4. The van der Waals surface area contributed by atoms with Crippen LogP contribution in [0.3, 0.4) is 0 Å². The Bertz CT molecular complexity index is 1130. The number of fused-ring (bicyclic) bond motifs is 1. The molecule has 2 aromatic carbocycles. The van der Waals surface area contributed by atoms with Crippen LogP contribution in [0.1, 0.15) is 44.2 Å². The number of benzene rings is 2. The van der Waals surface area contributed by atoms with Crippen molar-refractivity contribution in [3.8, 4) is 0 Å². The SMILES string of the molecule is CCCC[C@H]1C(=O)N(Cc2ccc(Cl)cc2Cl)C[C@H]2N1C(=O)CN(CC)N2C(=O)NCc1ccccc1. The van der Waals surface area contributed by atoms with Crippen LogP contribution in [0, 0.1) is 0 Å². The molecule has 0 unspecified atom stereocenters. The number of hydrogen-bond acceptors (Lipinski definition) is 4. The lowest BCUT2D eigenvalue weighted by molar-refractivity contribution is -0.190. The molecule has 4 rings (SSSR count). The predicted octanol–water partition coefficient (Wildman–Crippen LogP) is 4.51. The maximum Gasteiger partial charge on any atom is 0.334 e. The van der Waals surface area contributed by atoms with Gasteiger partial charge in [-0.05, 0) is 29.7 Å². The van der Waals surface area contributed by atoms with Gasteiger partial charge in [-0.15, -0.1) is 0 Å². The van der Waals surface area contributed by atoms with Gasteiger partial charge >= 0.3 is 6.03 Å². The Morgan fingerprint density at radius 2 is 1.84 bits per heavy atom. The molecule has 2 fully saturated rings. The highest BCUT2D eigenvalue weighted by atomic mass is 35.5. The van der Waals surface area contributed by atoms with E-state index in [1.54, 1.807) is 38.0 Å². The van der Waals surface area contributed by atoms with E-state index in [-0.39, 0.29) is 37.5 Å². The molecule has 8 nitrogen and oxygen atoms in total. The Kier molecular flexibility index (Phi) is 8.95. The maximum absolute atomic E-state index is 13.7. The Labute approximate surface area is 228 Å². The molecule has 2 aliphatic rings. The molecule has 0 saturated carbocycles. The molecule has 0 spiro atoms. The second-order valence-corrected chi connectivity index (χ2v) is 10.2. The second kappa shape index (κ2) is 12.2. The number of nitrogens with one attached hydrogen (secondary N) is 1. The van der Waals surface area contributed by atoms with E-state index in [0.29, 0.717) is 29.6 Å². The zero-order chi connectivity index (χ0) is 26.5. The molecule has 0 aliphatic carbocycles. The number of likely N-dealkylation sites (N-methyl/N-ethyl adjacent to an activating group) is 1. The van der Waals surface area contributed by atoms with Gasteiger partial charge in [-0.1, -0.05) is 86.3 Å². The number of carbonyl (C=O) groups excluding carboxylic acids is 3. The first kappa shape index (κ1) is 27.2. The number of unbranched alkanes of at least 4 members (excludes halogenated alkanes) is 1. The number of urea groups is 1. The Hall–Kier alpha value is -2.81. The van der Waals surface area contributed by atoms with Gasteiger partial charge in [0.15, 0.2) is 0 Å². The largest absolute Gasteiger partial charge is 0.334 e. The molecule has 1 N–H and O–H groups in total. The average molecular weight is 546 g/mol. The molecule has 37 heavy (non-hydrogen) atoms. The van der Waals surface area contributed by atoms with E-state index in [4.69, 9.17) is 23.2 Å². The highest BCUT2D eigenvalue weighted by Crippen LogP contribution is 2.31. The summed E-state index contributed by atoms with van der Waals surface area (Å²) in [6.07, 6.45) is 1.60. The fraction of sp³-hybridized carbons (Fsp3) is 0.444. The minimum atomic E-state index is -0.638. The van der Waals surface area contributed by atoms with Gasteiger partial charge in [-0.25, -0.2) is 14.8 Å². The van der Waals surface area contributed by atoms with Gasteiger partial charge in [0.25, 0.3) is 0 Å². The average Bonchev–Trinajstić information content (AvgIpc) is 2.89. The first-order chi connectivity index (χ1) is 17.8. The molecule has 0 aromatic heterocycles. The third kappa shape index (κ3) is 6.03. The van der Waals surface area contributed by atoms with Crippen LogP contribution in [0.25, 0.3) is 0 Å². The number of hydrazine groups is 1. The summed E-state index contributed by atoms with van der Waals surface area (Å²) < 4.78 is 0. The quantitative estimate of drug-likeness (QED) is 0.529. The lowest BCUT2D eigenvalue weighted by Gasteiger charge is -2.55. The fourth-order valence-corrected chi connectivity index (χ4v) is 5.46. The van der Waals surface area contributed by atoms with Gasteiger partial charge in [0.2, 0.25) is 11.8 Å². The predicted molar refractivity (Wildman–Crippen MR) is 144 cm³/mol. The van der Waals surface area contributed by atoms with Crippen molar-refractivity contribution < 1.29 is 14.4 Å². The monoisotopic (exact) mass is 545 g/mol. The summed E-state index contributed by atoms with van der Waals surface area (Å²) >= 11 is 12.5.